The first kappa shape index (κ1) is 22.3. The zero-order chi connectivity index (χ0) is 24.5. The van der Waals surface area contributed by atoms with Crippen molar-refractivity contribution in [3.8, 4) is 16.9 Å². The number of ketones is 2. The Balaban J connectivity index is 1.71. The Hall–Kier alpha value is -3.50. The molecule has 3 aliphatic carbocycles. The van der Waals surface area contributed by atoms with Gasteiger partial charge in [-0.25, -0.2) is 0 Å². The van der Waals surface area contributed by atoms with Crippen molar-refractivity contribution in [2.75, 3.05) is 0 Å². The number of nitrogens with two attached hydrogens (primary N) is 1. The molecule has 3 aliphatic rings. The molecule has 1 fully saturated rings. The molecular weight excluding hydrogens is 508 g/mol. The van der Waals surface area contributed by atoms with E-state index in [1.54, 1.807) is 18.5 Å². The Labute approximate surface area is 201 Å². The largest absolute Gasteiger partial charge is 0.508 e. The van der Waals surface area contributed by atoms with E-state index in [9.17, 15) is 34.8 Å². The molecule has 174 valence electrons. The molecule has 9 nitrogen and oxygen atoms in total. The number of hydrogen-bond donors (Lipinski definition) is 5. The van der Waals surface area contributed by atoms with E-state index in [0.29, 0.717) is 11.1 Å². The van der Waals surface area contributed by atoms with Crippen LogP contribution >= 0.6 is 15.9 Å². The number of aliphatic hydroxyl groups excluding tert-OH is 2. The fourth-order valence-corrected chi connectivity index (χ4v) is 5.82. The summed E-state index contributed by atoms with van der Waals surface area (Å²) in [6.07, 6.45) is 3.20. The van der Waals surface area contributed by atoms with E-state index in [1.165, 1.54) is 6.07 Å². The lowest BCUT2D eigenvalue weighted by Crippen LogP contribution is -2.58. The summed E-state index contributed by atoms with van der Waals surface area (Å²) in [7, 11) is 0. The van der Waals surface area contributed by atoms with Crippen LogP contribution < -0.4 is 5.73 Å². The monoisotopic (exact) mass is 526 g/mol. The Morgan fingerprint density at radius 3 is 2.56 bits per heavy atom. The average molecular weight is 527 g/mol. The third-order valence-corrected chi connectivity index (χ3v) is 7.40. The van der Waals surface area contributed by atoms with Crippen molar-refractivity contribution in [3.63, 3.8) is 0 Å². The number of aliphatic hydroxyl groups is 3. The van der Waals surface area contributed by atoms with Gasteiger partial charge >= 0.3 is 0 Å². The zero-order valence-corrected chi connectivity index (χ0v) is 19.2. The number of Topliss-reactive ketones (excluding diaryl/α,β-unsaturated/α-hetero) is 2. The first-order valence-corrected chi connectivity index (χ1v) is 11.3. The van der Waals surface area contributed by atoms with Crippen LogP contribution in [0.2, 0.25) is 0 Å². The first-order chi connectivity index (χ1) is 16.1. The standard InChI is InChI=1S/C24H19BrN2O7/c25-12-4-10(7-27-8-12)13-1-2-15(28)18-14(13)5-9-3-11-6-16(29)19(23(26)33)22(32)24(11,34)21(31)17(9)20(18)30/h1-2,4,7-9,11,28,30,32,34H,3,5-6H2,(H2,26,33)/t9-,11+,24+/m1/s1. The lowest BCUT2D eigenvalue weighted by Gasteiger charge is -2.46. The number of pyridine rings is 1. The molecule has 0 unspecified atom stereocenters. The number of rotatable bonds is 2. The zero-order valence-electron chi connectivity index (χ0n) is 17.6. The van der Waals surface area contributed by atoms with Crippen LogP contribution in [0.4, 0.5) is 0 Å². The van der Waals surface area contributed by atoms with Gasteiger partial charge in [-0.15, -0.1) is 0 Å². The van der Waals surface area contributed by atoms with Crippen LogP contribution in [0.3, 0.4) is 0 Å². The number of phenols is 1. The lowest BCUT2D eigenvalue weighted by atomic mass is 9.59. The molecule has 1 saturated carbocycles. The Kier molecular flexibility index (Phi) is 4.92. The Morgan fingerprint density at radius 1 is 1.15 bits per heavy atom. The third kappa shape index (κ3) is 2.95. The number of nitrogens with zero attached hydrogens (tertiary/aromatic N) is 1. The number of amides is 1. The molecule has 0 aliphatic heterocycles. The highest BCUT2D eigenvalue weighted by Crippen LogP contribution is 2.53. The highest BCUT2D eigenvalue weighted by molar-refractivity contribution is 9.10. The minimum absolute atomic E-state index is 0.0459. The van der Waals surface area contributed by atoms with Gasteiger partial charge in [-0.3, -0.25) is 19.4 Å². The molecule has 1 aromatic carbocycles. The summed E-state index contributed by atoms with van der Waals surface area (Å²) in [5.41, 5.74) is 3.69. The number of phenolic OH excluding ortho intramolecular Hbond substituents is 1. The minimum atomic E-state index is -2.57. The highest BCUT2D eigenvalue weighted by atomic mass is 79.9. The molecule has 1 aromatic heterocycles. The minimum Gasteiger partial charge on any atom is -0.508 e. The average Bonchev–Trinajstić information content (AvgIpc) is 2.76. The molecular formula is C24H19BrN2O7. The van der Waals surface area contributed by atoms with Crippen LogP contribution in [-0.2, 0) is 20.8 Å². The van der Waals surface area contributed by atoms with Gasteiger partial charge in [0.1, 0.15) is 22.8 Å². The van der Waals surface area contributed by atoms with Crippen molar-refractivity contribution in [1.29, 1.82) is 0 Å². The second kappa shape index (κ2) is 7.51. The topological polar surface area (TPSA) is 171 Å². The van der Waals surface area contributed by atoms with Gasteiger partial charge in [0.2, 0.25) is 5.78 Å². The summed E-state index contributed by atoms with van der Waals surface area (Å²) < 4.78 is 0.731. The molecule has 5 rings (SSSR count). The fourth-order valence-electron chi connectivity index (χ4n) is 5.45. The molecule has 1 heterocycles. The summed E-state index contributed by atoms with van der Waals surface area (Å²) in [5.74, 6) is -6.49. The van der Waals surface area contributed by atoms with E-state index in [0.717, 1.165) is 10.0 Å². The third-order valence-electron chi connectivity index (χ3n) is 6.96. The number of carbonyl (C=O) groups excluding carboxylic acids is 3. The van der Waals surface area contributed by atoms with Gasteiger partial charge in [-0.1, -0.05) is 6.07 Å². The van der Waals surface area contributed by atoms with Gasteiger partial charge in [0, 0.05) is 40.3 Å². The molecule has 6 N–H and O–H groups in total. The van der Waals surface area contributed by atoms with Crippen molar-refractivity contribution in [1.82, 2.24) is 4.98 Å². The van der Waals surface area contributed by atoms with Crippen molar-refractivity contribution in [2.45, 2.75) is 24.9 Å². The van der Waals surface area contributed by atoms with Crippen LogP contribution in [0.5, 0.6) is 5.75 Å². The number of aromatic nitrogens is 1. The molecule has 0 spiro atoms. The predicted octanol–water partition coefficient (Wildman–Crippen LogP) is 2.25. The Morgan fingerprint density at radius 2 is 1.88 bits per heavy atom. The molecule has 0 saturated heterocycles. The highest BCUT2D eigenvalue weighted by Gasteiger charge is 2.60. The molecule has 1 amide bonds. The van der Waals surface area contributed by atoms with Crippen LogP contribution in [-0.4, -0.2) is 48.5 Å². The second-order valence-electron chi connectivity index (χ2n) is 8.78. The quantitative estimate of drug-likeness (QED) is 0.370. The summed E-state index contributed by atoms with van der Waals surface area (Å²) in [6, 6.07) is 4.91. The molecule has 34 heavy (non-hydrogen) atoms. The van der Waals surface area contributed by atoms with E-state index in [2.05, 4.69) is 20.9 Å². The van der Waals surface area contributed by atoms with Gasteiger partial charge in [0.15, 0.2) is 11.4 Å². The van der Waals surface area contributed by atoms with Crippen molar-refractivity contribution < 1.29 is 34.8 Å². The molecule has 0 radical (unpaired) electrons. The molecule has 3 atom stereocenters. The van der Waals surface area contributed by atoms with Gasteiger partial charge in [-0.05, 0) is 57.9 Å². The van der Waals surface area contributed by atoms with Crippen LogP contribution in [0.25, 0.3) is 16.9 Å². The van der Waals surface area contributed by atoms with E-state index in [1.807, 2.05) is 6.07 Å². The summed E-state index contributed by atoms with van der Waals surface area (Å²) in [5, 5.41) is 43.6. The fraction of sp³-hybridized carbons (Fsp3) is 0.250. The van der Waals surface area contributed by atoms with Crippen molar-refractivity contribution in [3.05, 3.63) is 63.1 Å². The van der Waals surface area contributed by atoms with E-state index >= 15 is 0 Å². The van der Waals surface area contributed by atoms with E-state index < -0.39 is 52.0 Å². The molecule has 0 bridgehead atoms. The predicted molar refractivity (Wildman–Crippen MR) is 122 cm³/mol. The smallest absolute Gasteiger partial charge is 0.255 e. The van der Waals surface area contributed by atoms with Crippen LogP contribution in [0.1, 0.15) is 24.0 Å². The second-order valence-corrected chi connectivity index (χ2v) is 9.70. The summed E-state index contributed by atoms with van der Waals surface area (Å²) in [4.78, 5) is 41.8. The molecule has 10 heteroatoms. The van der Waals surface area contributed by atoms with Gasteiger partial charge in [0.25, 0.3) is 5.91 Å². The van der Waals surface area contributed by atoms with Gasteiger partial charge in [0.05, 0.1) is 5.56 Å². The van der Waals surface area contributed by atoms with Gasteiger partial charge in [-0.2, -0.15) is 0 Å². The number of fused-ring (bicyclic) bond motifs is 3. The maximum atomic E-state index is 13.5. The molecule has 2 aromatic rings. The van der Waals surface area contributed by atoms with Gasteiger partial charge < -0.3 is 26.2 Å². The summed E-state index contributed by atoms with van der Waals surface area (Å²) >= 11 is 3.38. The normalized spacial score (nSPS) is 26.2. The lowest BCUT2D eigenvalue weighted by molar-refractivity contribution is -0.147. The van der Waals surface area contributed by atoms with Crippen molar-refractivity contribution in [2.24, 2.45) is 17.6 Å². The maximum Gasteiger partial charge on any atom is 0.255 e. The number of halogens is 1. The number of hydrogen-bond acceptors (Lipinski definition) is 8. The van der Waals surface area contributed by atoms with E-state index in [-0.39, 0.29) is 36.1 Å². The van der Waals surface area contributed by atoms with Crippen LogP contribution in [0.15, 0.2) is 52.0 Å². The number of aromatic hydroxyl groups is 1. The van der Waals surface area contributed by atoms with E-state index in [4.69, 9.17) is 5.73 Å². The number of primary amides is 1. The number of carbonyl (C=O) groups is 3. The van der Waals surface area contributed by atoms with Crippen molar-refractivity contribution >= 4 is 39.2 Å². The summed E-state index contributed by atoms with van der Waals surface area (Å²) in [6.45, 7) is 0. The Bertz CT molecular complexity index is 1380. The maximum absolute atomic E-state index is 13.5. The first-order valence-electron chi connectivity index (χ1n) is 10.5. The SMILES string of the molecule is NC(=O)C1=C(O)[C@@]2(O)C(=O)C3=C(O)c4c(O)ccc(-c5cncc(Br)c5)c4C[C@H]3C[C@H]2CC1=O. The number of benzene rings is 1. The van der Waals surface area contributed by atoms with Crippen LogP contribution in [0, 0.1) is 11.8 Å².